The summed E-state index contributed by atoms with van der Waals surface area (Å²) >= 11 is 7.94. The van der Waals surface area contributed by atoms with Gasteiger partial charge in [-0.25, -0.2) is 4.39 Å². The topological polar surface area (TPSA) is 70.2 Å². The number of carbonyl (C=O) groups is 2. The summed E-state index contributed by atoms with van der Waals surface area (Å²) in [5.41, 5.74) is 0.676. The molecule has 2 aromatic carbocycles. The summed E-state index contributed by atoms with van der Waals surface area (Å²) < 4.78 is 13.2. The summed E-state index contributed by atoms with van der Waals surface area (Å²) in [6.07, 6.45) is 3.39. The second kappa shape index (κ2) is 7.97. The fourth-order valence-corrected chi connectivity index (χ4v) is 4.94. The van der Waals surface area contributed by atoms with Gasteiger partial charge >= 0.3 is 0 Å². The molecule has 0 saturated carbocycles. The van der Waals surface area contributed by atoms with Crippen molar-refractivity contribution in [1.82, 2.24) is 5.32 Å². The third-order valence-corrected chi connectivity index (χ3v) is 6.47. The van der Waals surface area contributed by atoms with Crippen LogP contribution in [0.1, 0.15) is 18.4 Å². The summed E-state index contributed by atoms with van der Waals surface area (Å²) in [7, 11) is 0. The van der Waals surface area contributed by atoms with Crippen LogP contribution >= 0.6 is 23.4 Å². The minimum Gasteiger partial charge on any atom is -0.326 e. The lowest BCUT2D eigenvalue weighted by molar-refractivity contribution is -0.130. The molecule has 152 valence electrons. The van der Waals surface area contributed by atoms with Crippen molar-refractivity contribution in [3.05, 3.63) is 58.9 Å². The quantitative estimate of drug-likeness (QED) is 0.666. The number of thioether (sulfide) groups is 1. The van der Waals surface area contributed by atoms with E-state index < -0.39 is 11.5 Å². The Morgan fingerprint density at radius 2 is 2.07 bits per heavy atom. The molecule has 4 rings (SSSR count). The second-order valence-electron chi connectivity index (χ2n) is 7.36. The lowest BCUT2D eigenvalue weighted by atomic mass is 9.79. The number of nitrogens with one attached hydrogen (secondary N) is 3. The third kappa shape index (κ3) is 3.63. The maximum absolute atomic E-state index is 13.3. The number of hydrogen-bond acceptors (Lipinski definition) is 4. The predicted molar refractivity (Wildman–Crippen MR) is 115 cm³/mol. The smallest absolute Gasteiger partial charge is 0.250 e. The van der Waals surface area contributed by atoms with Crippen molar-refractivity contribution in [1.29, 1.82) is 0 Å². The molecule has 1 fully saturated rings. The van der Waals surface area contributed by atoms with Crippen LogP contribution in [-0.2, 0) is 15.1 Å². The minimum absolute atomic E-state index is 0.0158. The number of rotatable bonds is 5. The van der Waals surface area contributed by atoms with E-state index in [1.165, 1.54) is 24.3 Å². The first-order valence-corrected chi connectivity index (χ1v) is 11.2. The van der Waals surface area contributed by atoms with E-state index in [2.05, 4.69) is 16.0 Å². The monoisotopic (exact) mass is 433 g/mol. The lowest BCUT2D eigenvalue weighted by Crippen LogP contribution is -2.52. The Hall–Kier alpha value is -2.09. The van der Waals surface area contributed by atoms with Crippen LogP contribution in [0.15, 0.2) is 42.5 Å². The number of amides is 2. The van der Waals surface area contributed by atoms with Gasteiger partial charge in [0.2, 0.25) is 11.8 Å². The molecule has 0 bridgehead atoms. The van der Waals surface area contributed by atoms with Gasteiger partial charge in [0.1, 0.15) is 11.4 Å². The molecule has 2 amide bonds. The Morgan fingerprint density at radius 3 is 2.79 bits per heavy atom. The van der Waals surface area contributed by atoms with E-state index in [1.54, 1.807) is 30.0 Å². The Kier molecular flexibility index (Phi) is 5.55. The molecule has 8 heteroatoms. The molecule has 0 aromatic heterocycles. The van der Waals surface area contributed by atoms with Gasteiger partial charge in [-0.15, -0.1) is 0 Å². The Labute approximate surface area is 177 Å². The standard InChI is InChI=1S/C21H21ClFN3O2S/c1-29-9-8-15-11-17(19(27)24-14-5-3-13(23)4-6-14)21(26-15)16-10-12(22)2-7-18(16)25-20(21)28/h2-7,10,15,17,26H,8-9,11H2,1H3,(H,24,27)(H,25,28)/t15-,17+,21-/m1/s1. The zero-order valence-corrected chi connectivity index (χ0v) is 17.4. The zero-order valence-electron chi connectivity index (χ0n) is 15.8. The number of carbonyl (C=O) groups excluding carboxylic acids is 2. The number of halogens is 2. The van der Waals surface area contributed by atoms with Gasteiger partial charge in [0, 0.05) is 28.0 Å². The van der Waals surface area contributed by atoms with E-state index in [4.69, 9.17) is 11.6 Å². The third-order valence-electron chi connectivity index (χ3n) is 5.59. The molecule has 0 aliphatic carbocycles. The maximum Gasteiger partial charge on any atom is 0.250 e. The van der Waals surface area contributed by atoms with Crippen LogP contribution in [0.3, 0.4) is 0 Å². The SMILES string of the molecule is CSCC[C@@H]1C[C@@H](C(=O)Nc2ccc(F)cc2)[C@@]2(N1)C(=O)Nc1ccc(Cl)cc12. The Morgan fingerprint density at radius 1 is 1.31 bits per heavy atom. The fraction of sp³-hybridized carbons (Fsp3) is 0.333. The molecule has 29 heavy (non-hydrogen) atoms. The van der Waals surface area contributed by atoms with Crippen molar-refractivity contribution in [2.24, 2.45) is 5.92 Å². The van der Waals surface area contributed by atoms with E-state index >= 15 is 0 Å². The number of benzene rings is 2. The summed E-state index contributed by atoms with van der Waals surface area (Å²) in [6, 6.07) is 10.8. The molecule has 3 atom stereocenters. The number of fused-ring (bicyclic) bond motifs is 2. The van der Waals surface area contributed by atoms with Gasteiger partial charge in [0.05, 0.1) is 5.92 Å². The van der Waals surface area contributed by atoms with Gasteiger partial charge in [-0.1, -0.05) is 11.6 Å². The number of anilines is 2. The molecule has 1 saturated heterocycles. The summed E-state index contributed by atoms with van der Waals surface area (Å²) in [5.74, 6) is -0.610. The largest absolute Gasteiger partial charge is 0.326 e. The molecule has 2 aliphatic heterocycles. The highest BCUT2D eigenvalue weighted by Crippen LogP contribution is 2.48. The molecule has 1 spiro atoms. The molecule has 0 unspecified atom stereocenters. The average Bonchev–Trinajstić information content (AvgIpc) is 3.22. The van der Waals surface area contributed by atoms with E-state index in [1.807, 2.05) is 6.26 Å². The molecule has 5 nitrogen and oxygen atoms in total. The van der Waals surface area contributed by atoms with Crippen LogP contribution in [-0.4, -0.2) is 29.9 Å². The van der Waals surface area contributed by atoms with Crippen LogP contribution in [0.4, 0.5) is 15.8 Å². The predicted octanol–water partition coefficient (Wildman–Crippen LogP) is 4.00. The van der Waals surface area contributed by atoms with Crippen LogP contribution in [0.25, 0.3) is 0 Å². The zero-order chi connectivity index (χ0) is 20.6. The average molecular weight is 434 g/mol. The van der Waals surface area contributed by atoms with Crippen molar-refractivity contribution in [3.8, 4) is 0 Å². The Balaban J connectivity index is 1.70. The van der Waals surface area contributed by atoms with Gasteiger partial charge in [-0.3, -0.25) is 14.9 Å². The van der Waals surface area contributed by atoms with Crippen LogP contribution in [0.2, 0.25) is 5.02 Å². The van der Waals surface area contributed by atoms with E-state index in [0.29, 0.717) is 28.4 Å². The molecule has 0 radical (unpaired) electrons. The van der Waals surface area contributed by atoms with Gasteiger partial charge < -0.3 is 10.6 Å². The molecular formula is C21H21ClFN3O2S. The first kappa shape index (κ1) is 20.2. The first-order valence-electron chi connectivity index (χ1n) is 9.38. The molecule has 3 N–H and O–H groups in total. The van der Waals surface area contributed by atoms with Crippen molar-refractivity contribution >= 4 is 46.6 Å². The highest BCUT2D eigenvalue weighted by Gasteiger charge is 2.60. The van der Waals surface area contributed by atoms with Gasteiger partial charge in [0.25, 0.3) is 0 Å². The van der Waals surface area contributed by atoms with E-state index in [0.717, 1.165) is 12.2 Å². The Bertz CT molecular complexity index is 955. The van der Waals surface area contributed by atoms with Crippen LogP contribution in [0.5, 0.6) is 0 Å². The summed E-state index contributed by atoms with van der Waals surface area (Å²) in [6.45, 7) is 0. The highest BCUT2D eigenvalue weighted by atomic mass is 35.5. The highest BCUT2D eigenvalue weighted by molar-refractivity contribution is 7.98. The van der Waals surface area contributed by atoms with Crippen molar-refractivity contribution in [2.45, 2.75) is 24.4 Å². The summed E-state index contributed by atoms with van der Waals surface area (Å²) in [5, 5.41) is 9.70. The van der Waals surface area contributed by atoms with E-state index in [-0.39, 0.29) is 23.7 Å². The van der Waals surface area contributed by atoms with Crippen molar-refractivity contribution in [3.63, 3.8) is 0 Å². The normalized spacial score (nSPS) is 25.1. The van der Waals surface area contributed by atoms with Crippen LogP contribution in [0, 0.1) is 11.7 Å². The minimum atomic E-state index is -1.17. The molecule has 2 aliphatic rings. The first-order chi connectivity index (χ1) is 13.9. The van der Waals surface area contributed by atoms with E-state index in [9.17, 15) is 14.0 Å². The van der Waals surface area contributed by atoms with Gasteiger partial charge in [-0.05, 0) is 67.3 Å². The van der Waals surface area contributed by atoms with Crippen LogP contribution < -0.4 is 16.0 Å². The van der Waals surface area contributed by atoms with Gasteiger partial charge in [-0.2, -0.15) is 11.8 Å². The second-order valence-corrected chi connectivity index (χ2v) is 8.78. The maximum atomic E-state index is 13.3. The van der Waals surface area contributed by atoms with Crippen molar-refractivity contribution in [2.75, 3.05) is 22.6 Å². The number of hydrogen-bond donors (Lipinski definition) is 3. The fourth-order valence-electron chi connectivity index (χ4n) is 4.24. The van der Waals surface area contributed by atoms with Crippen molar-refractivity contribution < 1.29 is 14.0 Å². The lowest BCUT2D eigenvalue weighted by Gasteiger charge is -2.29. The molecule has 2 aromatic rings. The molecular weight excluding hydrogens is 413 g/mol. The summed E-state index contributed by atoms with van der Waals surface area (Å²) in [4.78, 5) is 26.4. The van der Waals surface area contributed by atoms with Gasteiger partial charge in [0.15, 0.2) is 0 Å². The molecule has 2 heterocycles.